The van der Waals surface area contributed by atoms with Gasteiger partial charge in [0.05, 0.1) is 11.1 Å². The second kappa shape index (κ2) is 14.8. The summed E-state index contributed by atoms with van der Waals surface area (Å²) in [5.41, 5.74) is 17.1. The largest absolute Gasteiger partial charge is 0.455 e. The van der Waals surface area contributed by atoms with E-state index < -0.39 is 5.41 Å². The molecule has 1 spiro atoms. The highest BCUT2D eigenvalue weighted by atomic mass is 16.5. The van der Waals surface area contributed by atoms with Crippen molar-refractivity contribution in [2.45, 2.75) is 5.41 Å². The molecular formula is C63H41NO. The van der Waals surface area contributed by atoms with E-state index in [0.29, 0.717) is 0 Å². The Balaban J connectivity index is 1.04. The van der Waals surface area contributed by atoms with Crippen LogP contribution in [0.1, 0.15) is 22.3 Å². The van der Waals surface area contributed by atoms with Gasteiger partial charge in [-0.2, -0.15) is 0 Å². The molecule has 11 aromatic carbocycles. The number of hydrogen-bond donors (Lipinski definition) is 0. The Morgan fingerprint density at radius 2 is 0.831 bits per heavy atom. The minimum absolute atomic E-state index is 0.627. The van der Waals surface area contributed by atoms with E-state index in [1.165, 1.54) is 61.2 Å². The lowest BCUT2D eigenvalue weighted by Crippen LogP contribution is -2.32. The fourth-order valence-corrected chi connectivity index (χ4v) is 10.9. The van der Waals surface area contributed by atoms with Gasteiger partial charge in [0.25, 0.3) is 0 Å². The number of nitrogens with zero attached hydrogens (tertiary/aromatic N) is 1. The second-order valence-corrected chi connectivity index (χ2v) is 17.1. The Labute approximate surface area is 378 Å². The van der Waals surface area contributed by atoms with E-state index in [0.717, 1.165) is 55.7 Å². The summed E-state index contributed by atoms with van der Waals surface area (Å²) < 4.78 is 7.23. The molecule has 1 aliphatic heterocycles. The molecule has 1 heterocycles. The molecule has 11 aromatic rings. The zero-order valence-corrected chi connectivity index (χ0v) is 35.5. The van der Waals surface area contributed by atoms with Crippen LogP contribution in [0.15, 0.2) is 249 Å². The first kappa shape index (κ1) is 37.1. The Kier molecular flexibility index (Phi) is 8.47. The van der Waals surface area contributed by atoms with Crippen molar-refractivity contribution in [1.82, 2.24) is 0 Å². The zero-order valence-electron chi connectivity index (χ0n) is 35.5. The van der Waals surface area contributed by atoms with Gasteiger partial charge in [0.2, 0.25) is 0 Å². The van der Waals surface area contributed by atoms with Gasteiger partial charge in [-0.3, -0.25) is 0 Å². The van der Waals surface area contributed by atoms with Crippen molar-refractivity contribution in [2.75, 3.05) is 4.90 Å². The van der Waals surface area contributed by atoms with Gasteiger partial charge in [-0.15, -0.1) is 0 Å². The van der Waals surface area contributed by atoms with Gasteiger partial charge in [-0.1, -0.05) is 218 Å². The van der Waals surface area contributed by atoms with Crippen LogP contribution in [0.2, 0.25) is 0 Å². The van der Waals surface area contributed by atoms with Gasteiger partial charge in [-0.05, 0) is 91.2 Å². The monoisotopic (exact) mass is 827 g/mol. The predicted octanol–water partition coefficient (Wildman–Crippen LogP) is 16.9. The lowest BCUT2D eigenvalue weighted by atomic mass is 9.65. The minimum atomic E-state index is -0.627. The maximum Gasteiger partial charge on any atom is 0.140 e. The molecule has 13 rings (SSSR count). The SMILES string of the molecule is c1ccc(-c2ccc(N(c3cccc(-c4cccc5c4-c4ccccc4C54c5ccc6ccccc6c5Oc5c4ccc4ccccc54)c3)c3ccccc3-c3ccccc3)cc2)cc1. The molecule has 0 aromatic heterocycles. The third kappa shape index (κ3) is 5.67. The van der Waals surface area contributed by atoms with E-state index >= 15 is 0 Å². The van der Waals surface area contributed by atoms with E-state index in [1.807, 2.05) is 0 Å². The molecule has 1 aliphatic carbocycles. The van der Waals surface area contributed by atoms with E-state index in [1.54, 1.807) is 0 Å². The molecule has 0 saturated carbocycles. The molecule has 0 N–H and O–H groups in total. The first-order valence-corrected chi connectivity index (χ1v) is 22.4. The molecule has 0 atom stereocenters. The van der Waals surface area contributed by atoms with Crippen LogP contribution in [0.4, 0.5) is 17.1 Å². The number of hydrogen-bond acceptors (Lipinski definition) is 2. The summed E-state index contributed by atoms with van der Waals surface area (Å²) in [7, 11) is 0. The number of para-hydroxylation sites is 1. The van der Waals surface area contributed by atoms with Crippen LogP contribution in [0.5, 0.6) is 11.5 Å². The Morgan fingerprint density at radius 3 is 1.54 bits per heavy atom. The van der Waals surface area contributed by atoms with Crippen molar-refractivity contribution in [1.29, 1.82) is 0 Å². The summed E-state index contributed by atoms with van der Waals surface area (Å²) in [6, 6.07) is 90.6. The number of ether oxygens (including phenoxy) is 1. The summed E-state index contributed by atoms with van der Waals surface area (Å²) in [6.45, 7) is 0. The third-order valence-corrected chi connectivity index (χ3v) is 13.7. The Bertz CT molecular complexity index is 3540. The van der Waals surface area contributed by atoms with Crippen LogP contribution in [0.3, 0.4) is 0 Å². The average Bonchev–Trinajstić information content (AvgIpc) is 3.68. The van der Waals surface area contributed by atoms with Crippen molar-refractivity contribution >= 4 is 38.6 Å². The molecule has 2 heteroatoms. The van der Waals surface area contributed by atoms with Gasteiger partial charge >= 0.3 is 0 Å². The summed E-state index contributed by atoms with van der Waals surface area (Å²) >= 11 is 0. The van der Waals surface area contributed by atoms with Crippen LogP contribution in [0, 0.1) is 0 Å². The summed E-state index contributed by atoms with van der Waals surface area (Å²) in [5, 5.41) is 4.56. The van der Waals surface area contributed by atoms with Crippen LogP contribution in [-0.4, -0.2) is 0 Å². The van der Waals surface area contributed by atoms with E-state index in [4.69, 9.17) is 4.74 Å². The van der Waals surface area contributed by atoms with Gasteiger partial charge in [0.1, 0.15) is 11.5 Å². The summed E-state index contributed by atoms with van der Waals surface area (Å²) in [6.07, 6.45) is 0. The van der Waals surface area contributed by atoms with E-state index in [-0.39, 0.29) is 0 Å². The van der Waals surface area contributed by atoms with Crippen molar-refractivity contribution in [3.8, 4) is 56.0 Å². The highest BCUT2D eigenvalue weighted by Crippen LogP contribution is 2.65. The van der Waals surface area contributed by atoms with Gasteiger partial charge in [0, 0.05) is 38.8 Å². The molecular weight excluding hydrogens is 787 g/mol. The molecule has 2 aliphatic rings. The third-order valence-electron chi connectivity index (χ3n) is 13.7. The quantitative estimate of drug-likeness (QED) is 0.166. The topological polar surface area (TPSA) is 12.5 Å². The highest BCUT2D eigenvalue weighted by Gasteiger charge is 2.52. The summed E-state index contributed by atoms with van der Waals surface area (Å²) in [4.78, 5) is 2.42. The number of fused-ring (bicyclic) bond motifs is 13. The number of rotatable bonds is 6. The van der Waals surface area contributed by atoms with Crippen molar-refractivity contribution in [3.63, 3.8) is 0 Å². The maximum absolute atomic E-state index is 7.23. The number of benzene rings is 11. The standard InChI is InChI=1S/C63H41NO/c1-3-17-42(18-4-1)43-33-37-48(38-34-43)64(59-32-14-12-25-50(59)44-19-5-2-6-20-44)49-24-15-23-47(41-49)51-29-16-31-56-60(51)54-28-11-13-30-55(54)63(56)57-39-35-45-21-7-9-26-52(45)61(57)65-62-53-27-10-8-22-46(53)36-40-58(62)63/h1-41H. The van der Waals surface area contributed by atoms with Crippen LogP contribution >= 0.6 is 0 Å². The van der Waals surface area contributed by atoms with E-state index in [2.05, 4.69) is 254 Å². The second-order valence-electron chi connectivity index (χ2n) is 17.1. The lowest BCUT2D eigenvalue weighted by Gasteiger charge is -2.40. The molecule has 65 heavy (non-hydrogen) atoms. The number of anilines is 3. The van der Waals surface area contributed by atoms with Crippen LogP contribution in [-0.2, 0) is 5.41 Å². The fraction of sp³-hybridized carbons (Fsp3) is 0.0159. The molecule has 0 radical (unpaired) electrons. The van der Waals surface area contributed by atoms with Crippen LogP contribution in [0.25, 0.3) is 66.1 Å². The smallest absolute Gasteiger partial charge is 0.140 e. The normalized spacial score (nSPS) is 12.9. The zero-order chi connectivity index (χ0) is 42.9. The fourth-order valence-electron chi connectivity index (χ4n) is 10.9. The molecule has 0 fully saturated rings. The molecule has 0 bridgehead atoms. The minimum Gasteiger partial charge on any atom is -0.455 e. The Hall–Kier alpha value is -8.46. The lowest BCUT2D eigenvalue weighted by molar-refractivity contribution is 0.447. The van der Waals surface area contributed by atoms with Crippen molar-refractivity contribution in [2.24, 2.45) is 0 Å². The molecule has 304 valence electrons. The van der Waals surface area contributed by atoms with E-state index in [9.17, 15) is 0 Å². The van der Waals surface area contributed by atoms with Crippen LogP contribution < -0.4 is 9.64 Å². The average molecular weight is 828 g/mol. The highest BCUT2D eigenvalue weighted by molar-refractivity contribution is 6.02. The molecule has 0 saturated heterocycles. The first-order valence-electron chi connectivity index (χ1n) is 22.4. The van der Waals surface area contributed by atoms with Crippen molar-refractivity contribution in [3.05, 3.63) is 271 Å². The molecule has 0 amide bonds. The first-order chi connectivity index (χ1) is 32.3. The maximum atomic E-state index is 7.23. The summed E-state index contributed by atoms with van der Waals surface area (Å²) in [5.74, 6) is 1.85. The Morgan fingerprint density at radius 1 is 0.308 bits per heavy atom. The predicted molar refractivity (Wildman–Crippen MR) is 270 cm³/mol. The molecule has 2 nitrogen and oxygen atoms in total. The van der Waals surface area contributed by atoms with Crippen molar-refractivity contribution < 1.29 is 4.74 Å². The van der Waals surface area contributed by atoms with Gasteiger partial charge in [0.15, 0.2) is 0 Å². The van der Waals surface area contributed by atoms with Gasteiger partial charge in [-0.25, -0.2) is 0 Å². The molecule has 0 unspecified atom stereocenters. The van der Waals surface area contributed by atoms with Gasteiger partial charge < -0.3 is 9.64 Å².